The average Bonchev–Trinajstić information content (AvgIpc) is 2.55. The minimum Gasteiger partial charge on any atom is -0.366 e. The third-order valence-electron chi connectivity index (χ3n) is 3.98. The van der Waals surface area contributed by atoms with Crippen LogP contribution in [0.15, 0.2) is 18.3 Å². The number of piperidine rings is 1. The molecule has 0 bridgehead atoms. The van der Waals surface area contributed by atoms with Gasteiger partial charge in [-0.3, -0.25) is 9.59 Å². The van der Waals surface area contributed by atoms with Crippen molar-refractivity contribution in [3.63, 3.8) is 0 Å². The largest absolute Gasteiger partial charge is 0.366 e. The highest BCUT2D eigenvalue weighted by molar-refractivity contribution is 5.86. The van der Waals surface area contributed by atoms with E-state index in [0.717, 1.165) is 25.1 Å². The van der Waals surface area contributed by atoms with Crippen LogP contribution in [-0.4, -0.2) is 52.1 Å². The number of amides is 2. The first-order valence-corrected chi connectivity index (χ1v) is 8.20. The van der Waals surface area contributed by atoms with Crippen molar-refractivity contribution >= 4 is 17.6 Å². The fraction of sp³-hybridized carbons (Fsp3) is 0.625. The van der Waals surface area contributed by atoms with Crippen LogP contribution in [0.1, 0.15) is 39.5 Å². The van der Waals surface area contributed by atoms with Gasteiger partial charge in [0, 0.05) is 32.3 Å². The molecular formula is C16H25N5O2. The summed E-state index contributed by atoms with van der Waals surface area (Å²) in [4.78, 5) is 25.7. The third-order valence-corrected chi connectivity index (χ3v) is 3.98. The van der Waals surface area contributed by atoms with E-state index in [2.05, 4.69) is 20.8 Å². The monoisotopic (exact) mass is 319 g/mol. The molecular weight excluding hydrogens is 294 g/mol. The van der Waals surface area contributed by atoms with Crippen LogP contribution in [0.4, 0.5) is 5.82 Å². The predicted molar refractivity (Wildman–Crippen MR) is 87.8 cm³/mol. The topological polar surface area (TPSA) is 87.2 Å². The Hall–Kier alpha value is -2.18. The normalized spacial score (nSPS) is 16.7. The van der Waals surface area contributed by atoms with Crippen molar-refractivity contribution in [1.82, 2.24) is 20.4 Å². The van der Waals surface area contributed by atoms with E-state index in [1.807, 2.05) is 24.0 Å². The first-order chi connectivity index (χ1) is 11.1. The Morgan fingerprint density at radius 1 is 1.39 bits per heavy atom. The number of nitrogens with one attached hydrogen (secondary N) is 2. The molecule has 0 aromatic carbocycles. The van der Waals surface area contributed by atoms with E-state index in [9.17, 15) is 9.59 Å². The maximum Gasteiger partial charge on any atom is 0.245 e. The molecule has 1 aliphatic heterocycles. The standard InChI is InChI=1S/C16H25N5O2/c1-3-5-14(18-12(2)22)16(23)21-10-7-13(8-11-21)19-15-6-4-9-17-20-15/h4,6,9,13-14H,3,5,7-8,10-11H2,1-2H3,(H,18,22)(H,19,20)/t14-/m0/s1. The number of carbonyl (C=O) groups excluding carboxylic acids is 2. The van der Waals surface area contributed by atoms with Crippen molar-refractivity contribution < 1.29 is 9.59 Å². The Bertz CT molecular complexity index is 514. The van der Waals surface area contributed by atoms with Gasteiger partial charge in [0.25, 0.3) is 0 Å². The van der Waals surface area contributed by atoms with Crippen LogP contribution in [0.2, 0.25) is 0 Å². The van der Waals surface area contributed by atoms with Crippen molar-refractivity contribution in [3.05, 3.63) is 18.3 Å². The summed E-state index contributed by atoms with van der Waals surface area (Å²) in [5.41, 5.74) is 0. The van der Waals surface area contributed by atoms with Gasteiger partial charge in [0.15, 0.2) is 0 Å². The molecule has 0 unspecified atom stereocenters. The molecule has 0 spiro atoms. The van der Waals surface area contributed by atoms with Gasteiger partial charge in [-0.25, -0.2) is 0 Å². The van der Waals surface area contributed by atoms with Crippen LogP contribution < -0.4 is 10.6 Å². The molecule has 1 atom stereocenters. The lowest BCUT2D eigenvalue weighted by molar-refractivity contribution is -0.137. The molecule has 2 N–H and O–H groups in total. The van der Waals surface area contributed by atoms with Gasteiger partial charge < -0.3 is 15.5 Å². The van der Waals surface area contributed by atoms with Crippen molar-refractivity contribution in [1.29, 1.82) is 0 Å². The highest BCUT2D eigenvalue weighted by atomic mass is 16.2. The second-order valence-corrected chi connectivity index (χ2v) is 5.89. The first kappa shape index (κ1) is 17.2. The molecule has 1 aliphatic rings. The zero-order valence-electron chi connectivity index (χ0n) is 13.8. The zero-order chi connectivity index (χ0) is 16.7. The summed E-state index contributed by atoms with van der Waals surface area (Å²) >= 11 is 0. The minimum atomic E-state index is -0.401. The molecule has 23 heavy (non-hydrogen) atoms. The van der Waals surface area contributed by atoms with E-state index in [4.69, 9.17) is 0 Å². The van der Waals surface area contributed by atoms with Crippen LogP contribution in [0.25, 0.3) is 0 Å². The van der Waals surface area contributed by atoms with Crippen LogP contribution >= 0.6 is 0 Å². The molecule has 0 radical (unpaired) electrons. The number of rotatable bonds is 6. The van der Waals surface area contributed by atoms with E-state index in [1.165, 1.54) is 6.92 Å². The van der Waals surface area contributed by atoms with Crippen LogP contribution in [0.3, 0.4) is 0 Å². The van der Waals surface area contributed by atoms with Gasteiger partial charge >= 0.3 is 0 Å². The number of likely N-dealkylation sites (tertiary alicyclic amines) is 1. The average molecular weight is 319 g/mol. The van der Waals surface area contributed by atoms with Gasteiger partial charge in [-0.05, 0) is 31.4 Å². The molecule has 126 valence electrons. The van der Waals surface area contributed by atoms with Gasteiger partial charge in [0.05, 0.1) is 0 Å². The number of hydrogen-bond acceptors (Lipinski definition) is 5. The first-order valence-electron chi connectivity index (χ1n) is 8.20. The highest BCUT2D eigenvalue weighted by Crippen LogP contribution is 2.16. The second kappa shape index (κ2) is 8.45. The van der Waals surface area contributed by atoms with Gasteiger partial charge in [-0.15, -0.1) is 5.10 Å². The molecule has 1 aromatic heterocycles. The molecule has 7 nitrogen and oxygen atoms in total. The maximum absolute atomic E-state index is 12.6. The number of carbonyl (C=O) groups is 2. The highest BCUT2D eigenvalue weighted by Gasteiger charge is 2.28. The van der Waals surface area contributed by atoms with E-state index in [0.29, 0.717) is 25.6 Å². The third kappa shape index (κ3) is 5.19. The Morgan fingerprint density at radius 2 is 2.13 bits per heavy atom. The molecule has 2 heterocycles. The van der Waals surface area contributed by atoms with Crippen LogP contribution in [0.5, 0.6) is 0 Å². The van der Waals surface area contributed by atoms with E-state index in [1.54, 1.807) is 6.20 Å². The molecule has 2 rings (SSSR count). The quantitative estimate of drug-likeness (QED) is 0.822. The molecule has 0 aliphatic carbocycles. The van der Waals surface area contributed by atoms with Gasteiger partial charge in [0.2, 0.25) is 11.8 Å². The molecule has 1 aromatic rings. The summed E-state index contributed by atoms with van der Waals surface area (Å²) in [6, 6.07) is 3.62. The summed E-state index contributed by atoms with van der Waals surface area (Å²) in [5.74, 6) is 0.635. The van der Waals surface area contributed by atoms with Gasteiger partial charge in [0.1, 0.15) is 11.9 Å². The fourth-order valence-electron chi connectivity index (χ4n) is 2.84. The Labute approximate surface area is 136 Å². The smallest absolute Gasteiger partial charge is 0.245 e. The number of anilines is 1. The van der Waals surface area contributed by atoms with E-state index >= 15 is 0 Å². The SMILES string of the molecule is CCC[C@H](NC(C)=O)C(=O)N1CCC(Nc2cccnn2)CC1. The van der Waals surface area contributed by atoms with Crippen molar-refractivity contribution in [3.8, 4) is 0 Å². The van der Waals surface area contributed by atoms with Gasteiger partial charge in [-0.2, -0.15) is 5.10 Å². The summed E-state index contributed by atoms with van der Waals surface area (Å²) in [6.45, 7) is 4.85. The van der Waals surface area contributed by atoms with Crippen LogP contribution in [0, 0.1) is 0 Å². The Morgan fingerprint density at radius 3 is 2.70 bits per heavy atom. The van der Waals surface area contributed by atoms with E-state index < -0.39 is 6.04 Å². The lowest BCUT2D eigenvalue weighted by atomic mass is 10.0. The minimum absolute atomic E-state index is 0.0278. The summed E-state index contributed by atoms with van der Waals surface area (Å²) in [7, 11) is 0. The summed E-state index contributed by atoms with van der Waals surface area (Å²) < 4.78 is 0. The molecule has 7 heteroatoms. The predicted octanol–water partition coefficient (Wildman–Crippen LogP) is 1.18. The lowest BCUT2D eigenvalue weighted by Gasteiger charge is -2.34. The lowest BCUT2D eigenvalue weighted by Crippen LogP contribution is -2.51. The summed E-state index contributed by atoms with van der Waals surface area (Å²) in [5, 5.41) is 14.0. The fourth-order valence-corrected chi connectivity index (χ4v) is 2.84. The maximum atomic E-state index is 12.6. The zero-order valence-corrected chi connectivity index (χ0v) is 13.8. The second-order valence-electron chi connectivity index (χ2n) is 5.89. The Kier molecular flexibility index (Phi) is 6.31. The van der Waals surface area contributed by atoms with Gasteiger partial charge in [-0.1, -0.05) is 13.3 Å². The van der Waals surface area contributed by atoms with Crippen molar-refractivity contribution in [2.45, 2.75) is 51.6 Å². The molecule has 2 amide bonds. The van der Waals surface area contributed by atoms with Crippen LogP contribution in [-0.2, 0) is 9.59 Å². The number of aromatic nitrogens is 2. The number of hydrogen-bond donors (Lipinski definition) is 2. The molecule has 1 saturated heterocycles. The number of nitrogens with zero attached hydrogens (tertiary/aromatic N) is 3. The van der Waals surface area contributed by atoms with E-state index in [-0.39, 0.29) is 11.8 Å². The Balaban J connectivity index is 1.84. The molecule has 0 saturated carbocycles. The van der Waals surface area contributed by atoms with Crippen molar-refractivity contribution in [2.75, 3.05) is 18.4 Å². The summed E-state index contributed by atoms with van der Waals surface area (Å²) in [6.07, 6.45) is 4.91. The molecule has 1 fully saturated rings. The van der Waals surface area contributed by atoms with Crippen molar-refractivity contribution in [2.24, 2.45) is 0 Å².